The first kappa shape index (κ1) is 38.3. The molecule has 9 nitrogen and oxygen atoms in total. The summed E-state index contributed by atoms with van der Waals surface area (Å²) in [6.45, 7) is 20.7. The molecule has 0 aromatic rings. The van der Waals surface area contributed by atoms with Gasteiger partial charge >= 0.3 is 5.97 Å². The van der Waals surface area contributed by atoms with E-state index in [1.807, 2.05) is 0 Å². The van der Waals surface area contributed by atoms with Gasteiger partial charge in [-0.05, 0) is 90.3 Å². The van der Waals surface area contributed by atoms with Crippen molar-refractivity contribution < 1.29 is 33.3 Å². The van der Waals surface area contributed by atoms with E-state index in [-0.39, 0.29) is 37.7 Å². The van der Waals surface area contributed by atoms with Crippen molar-refractivity contribution in [3.63, 3.8) is 0 Å². The monoisotopic (exact) mass is 588 g/mol. The largest absolute Gasteiger partial charge is 0.463 e. The summed E-state index contributed by atoms with van der Waals surface area (Å²) < 4.78 is 22.9. The molecule has 0 amide bonds. The molecular weight excluding hydrogens is 531 g/mol. The summed E-state index contributed by atoms with van der Waals surface area (Å²) in [4.78, 5) is 12.0. The van der Waals surface area contributed by atoms with Crippen LogP contribution in [0.2, 0.25) is 38.3 Å². The van der Waals surface area contributed by atoms with Gasteiger partial charge in [0.05, 0.1) is 25.7 Å². The van der Waals surface area contributed by atoms with E-state index in [4.69, 9.17) is 26.2 Å². The zero-order valence-corrected chi connectivity index (χ0v) is 27.7. The zero-order valence-electron chi connectivity index (χ0n) is 25.7. The maximum absolute atomic E-state index is 12.0. The smallest absolute Gasteiger partial charge is 0.307 e. The number of carbonyl (C=O) groups excluding carboxylic acids is 1. The predicted octanol–water partition coefficient (Wildman–Crippen LogP) is 3.28. The van der Waals surface area contributed by atoms with Crippen molar-refractivity contribution in [3.05, 3.63) is 12.2 Å². The molecule has 0 bridgehead atoms. The highest BCUT2D eigenvalue weighted by Crippen LogP contribution is 2.23. The molecule has 4 unspecified atom stereocenters. The third kappa shape index (κ3) is 24.8. The molecule has 2 radical (unpaired) electrons. The molecule has 4 atom stereocenters. The van der Waals surface area contributed by atoms with Gasteiger partial charge in [-0.1, -0.05) is 6.58 Å². The average molecular weight is 589 g/mol. The van der Waals surface area contributed by atoms with E-state index in [1.54, 1.807) is 6.92 Å². The van der Waals surface area contributed by atoms with Crippen LogP contribution in [-0.2, 0) is 23.1 Å². The number of hydrogen-bond acceptors (Lipinski definition) is 9. The normalized spacial score (nSPS) is 15.4. The van der Waals surface area contributed by atoms with E-state index in [1.165, 1.54) is 0 Å². The van der Waals surface area contributed by atoms with Crippen LogP contribution in [0.15, 0.2) is 12.2 Å². The van der Waals surface area contributed by atoms with Gasteiger partial charge in [-0.15, -0.1) is 0 Å². The van der Waals surface area contributed by atoms with Crippen LogP contribution in [-0.4, -0.2) is 105 Å². The lowest BCUT2D eigenvalue weighted by Gasteiger charge is -2.34. The van der Waals surface area contributed by atoms with Gasteiger partial charge in [0.1, 0.15) is 20.6 Å². The van der Waals surface area contributed by atoms with Gasteiger partial charge in [0, 0.05) is 31.8 Å². The van der Waals surface area contributed by atoms with E-state index in [0.717, 1.165) is 37.8 Å². The molecular formula is C27H57BN2O7Si2. The van der Waals surface area contributed by atoms with E-state index < -0.39 is 28.8 Å². The van der Waals surface area contributed by atoms with E-state index in [2.05, 4.69) is 57.2 Å². The number of aliphatic hydroxyl groups excluding tert-OH is 2. The summed E-state index contributed by atoms with van der Waals surface area (Å²) in [7, 11) is 1.96. The van der Waals surface area contributed by atoms with E-state index in [9.17, 15) is 15.0 Å². The number of aliphatic hydroxyl groups is 2. The van der Waals surface area contributed by atoms with Crippen LogP contribution in [0.5, 0.6) is 0 Å². The van der Waals surface area contributed by atoms with Crippen LogP contribution >= 0.6 is 0 Å². The Hall–Kier alpha value is -0.731. The number of carbonyl (C=O) groups is 1. The Bertz CT molecular complexity index is 672. The second kappa shape index (κ2) is 21.0. The molecule has 12 heteroatoms. The van der Waals surface area contributed by atoms with Crippen LogP contribution in [0.1, 0.15) is 52.9 Å². The van der Waals surface area contributed by atoms with Crippen LogP contribution in [0, 0.1) is 0 Å². The van der Waals surface area contributed by atoms with Crippen molar-refractivity contribution in [3.8, 4) is 0 Å². The van der Waals surface area contributed by atoms with Crippen molar-refractivity contribution >= 4 is 30.5 Å². The molecule has 228 valence electrons. The minimum absolute atomic E-state index is 0.0649. The Kier molecular flexibility index (Phi) is 20.6. The standard InChI is InChI=1S/C27H57BN2O7Si2/c1-22(11-12-23(2)30-25(4)28)29-14-13-27(33)36-21-26(32)20-35-16-10-18-39(7,8)37-38(5,6)17-9-15-34-19-24(3)31/h22-24,26,29-32H,4,9-21H2,1-3,5-8H3. The summed E-state index contributed by atoms with van der Waals surface area (Å²) in [5.74, 6) is -0.339. The minimum Gasteiger partial charge on any atom is -0.463 e. The van der Waals surface area contributed by atoms with Crippen LogP contribution in [0.3, 0.4) is 0 Å². The molecule has 39 heavy (non-hydrogen) atoms. The molecule has 0 saturated carbocycles. The fraction of sp³-hybridized carbons (Fsp3) is 0.889. The van der Waals surface area contributed by atoms with Crippen molar-refractivity contribution in [1.82, 2.24) is 10.6 Å². The van der Waals surface area contributed by atoms with Gasteiger partial charge in [0.15, 0.2) is 16.6 Å². The fourth-order valence-electron chi connectivity index (χ4n) is 4.24. The fourth-order valence-corrected chi connectivity index (χ4v) is 13.0. The summed E-state index contributed by atoms with van der Waals surface area (Å²) in [5.41, 5.74) is 0.471. The van der Waals surface area contributed by atoms with Crippen LogP contribution in [0.4, 0.5) is 0 Å². The molecule has 0 aliphatic carbocycles. The summed E-state index contributed by atoms with van der Waals surface area (Å²) in [5, 5.41) is 25.7. The third-order valence-electron chi connectivity index (χ3n) is 6.08. The van der Waals surface area contributed by atoms with Gasteiger partial charge in [-0.25, -0.2) is 0 Å². The minimum atomic E-state index is -1.82. The number of hydrogen-bond donors (Lipinski definition) is 4. The lowest BCUT2D eigenvalue weighted by molar-refractivity contribution is -0.147. The number of esters is 1. The average Bonchev–Trinajstić information content (AvgIpc) is 2.79. The maximum atomic E-state index is 12.0. The SMILES string of the molecule is [B]C(=C)NC(C)CCC(C)NCCC(=O)OCC(O)COCCC[Si](C)(C)O[Si](C)(C)CCCOCC(C)O. The Morgan fingerprint density at radius 3 is 1.97 bits per heavy atom. The Morgan fingerprint density at radius 2 is 1.44 bits per heavy atom. The second-order valence-corrected chi connectivity index (χ2v) is 20.8. The highest BCUT2D eigenvalue weighted by atomic mass is 28.4. The third-order valence-corrected chi connectivity index (χ3v) is 13.6. The maximum Gasteiger partial charge on any atom is 0.307 e. The lowest BCUT2D eigenvalue weighted by Crippen LogP contribution is -2.44. The highest BCUT2D eigenvalue weighted by Gasteiger charge is 2.32. The first-order valence-electron chi connectivity index (χ1n) is 14.4. The first-order valence-corrected chi connectivity index (χ1v) is 20.7. The van der Waals surface area contributed by atoms with Crippen LogP contribution < -0.4 is 10.6 Å². The Balaban J connectivity index is 3.91. The van der Waals surface area contributed by atoms with E-state index in [0.29, 0.717) is 32.0 Å². The van der Waals surface area contributed by atoms with Gasteiger partial charge in [0.2, 0.25) is 0 Å². The highest BCUT2D eigenvalue weighted by molar-refractivity contribution is 6.84. The van der Waals surface area contributed by atoms with Crippen molar-refractivity contribution in [2.45, 2.75) is 115 Å². The predicted molar refractivity (Wildman–Crippen MR) is 164 cm³/mol. The number of rotatable bonds is 25. The molecule has 0 fully saturated rings. The van der Waals surface area contributed by atoms with E-state index >= 15 is 0 Å². The summed E-state index contributed by atoms with van der Waals surface area (Å²) in [6, 6.07) is 2.53. The zero-order chi connectivity index (χ0) is 29.9. The molecule has 0 aliphatic rings. The first-order chi connectivity index (χ1) is 18.1. The Labute approximate surface area is 241 Å². The molecule has 0 aliphatic heterocycles. The van der Waals surface area contributed by atoms with Crippen molar-refractivity contribution in [1.29, 1.82) is 0 Å². The molecule has 0 spiro atoms. The molecule has 4 N–H and O–H groups in total. The van der Waals surface area contributed by atoms with Gasteiger partial charge in [-0.2, -0.15) is 0 Å². The molecule has 0 aromatic heterocycles. The molecule has 0 saturated heterocycles. The van der Waals surface area contributed by atoms with Crippen LogP contribution in [0.25, 0.3) is 0 Å². The summed E-state index contributed by atoms with van der Waals surface area (Å²) in [6.07, 6.45) is 2.68. The quantitative estimate of drug-likeness (QED) is 0.0724. The molecule has 0 aromatic carbocycles. The van der Waals surface area contributed by atoms with Gasteiger partial charge in [-0.3, -0.25) is 4.79 Å². The topological polar surface area (TPSA) is 119 Å². The van der Waals surface area contributed by atoms with Gasteiger partial charge < -0.3 is 39.2 Å². The summed E-state index contributed by atoms with van der Waals surface area (Å²) >= 11 is 0. The van der Waals surface area contributed by atoms with Crippen molar-refractivity contribution in [2.75, 3.05) is 39.6 Å². The van der Waals surface area contributed by atoms with Crippen molar-refractivity contribution in [2.24, 2.45) is 0 Å². The van der Waals surface area contributed by atoms with Gasteiger partial charge in [0.25, 0.3) is 0 Å². The Morgan fingerprint density at radius 1 is 0.897 bits per heavy atom. The lowest BCUT2D eigenvalue weighted by atomic mass is 10.0. The second-order valence-electron chi connectivity index (χ2n) is 11.9. The number of ether oxygens (including phenoxy) is 3. The molecule has 0 rings (SSSR count). The number of nitrogens with one attached hydrogen (secondary N) is 2. The molecule has 0 heterocycles.